The van der Waals surface area contributed by atoms with Gasteiger partial charge in [0.1, 0.15) is 12.2 Å². The van der Waals surface area contributed by atoms with Crippen molar-refractivity contribution in [2.24, 2.45) is 0 Å². The van der Waals surface area contributed by atoms with E-state index >= 15 is 0 Å². The molecule has 4 atom stereocenters. The van der Waals surface area contributed by atoms with Gasteiger partial charge in [-0.1, -0.05) is 6.92 Å². The summed E-state index contributed by atoms with van der Waals surface area (Å²) in [5.41, 5.74) is 0. The summed E-state index contributed by atoms with van der Waals surface area (Å²) in [7, 11) is 0. The zero-order valence-electron chi connectivity index (χ0n) is 12.1. The zero-order valence-corrected chi connectivity index (χ0v) is 12.1. The third kappa shape index (κ3) is 4.80. The minimum Gasteiger partial charge on any atom is -0.460 e. The van der Waals surface area contributed by atoms with E-state index < -0.39 is 42.5 Å². The molecule has 1 fully saturated rings. The third-order valence-electron chi connectivity index (χ3n) is 2.81. The number of esters is 3. The van der Waals surface area contributed by atoms with Crippen molar-refractivity contribution in [3.63, 3.8) is 0 Å². The van der Waals surface area contributed by atoms with Crippen LogP contribution in [0.2, 0.25) is 0 Å². The van der Waals surface area contributed by atoms with Gasteiger partial charge in [0, 0.05) is 27.2 Å². The Bertz CT molecular complexity index is 355. The van der Waals surface area contributed by atoms with E-state index in [1.807, 2.05) is 6.92 Å². The van der Waals surface area contributed by atoms with Crippen molar-refractivity contribution in [1.29, 1.82) is 0 Å². The molecule has 1 aliphatic heterocycles. The van der Waals surface area contributed by atoms with Gasteiger partial charge in [-0.25, -0.2) is 0 Å². The van der Waals surface area contributed by atoms with Gasteiger partial charge < -0.3 is 18.9 Å². The standard InChI is InChI=1S/C13H20O7/c1-5-10(17-7(2)14)11-6-12(18-8(3)15)13(20-11)19-9(4)16/h10-13H,5-6H2,1-4H3. The minimum absolute atomic E-state index is 0.309. The molecule has 4 unspecified atom stereocenters. The van der Waals surface area contributed by atoms with E-state index in [0.717, 1.165) is 0 Å². The van der Waals surface area contributed by atoms with Gasteiger partial charge in [0.25, 0.3) is 0 Å². The summed E-state index contributed by atoms with van der Waals surface area (Å²) < 4.78 is 20.7. The maximum absolute atomic E-state index is 11.1. The Kier molecular flexibility index (Phi) is 5.94. The molecule has 0 aromatic heterocycles. The quantitative estimate of drug-likeness (QED) is 0.549. The summed E-state index contributed by atoms with van der Waals surface area (Å²) in [6.45, 7) is 5.66. The lowest BCUT2D eigenvalue weighted by Crippen LogP contribution is -2.31. The summed E-state index contributed by atoms with van der Waals surface area (Å²) in [5.74, 6) is -1.44. The highest BCUT2D eigenvalue weighted by Crippen LogP contribution is 2.29. The van der Waals surface area contributed by atoms with Gasteiger partial charge in [-0.3, -0.25) is 14.4 Å². The van der Waals surface area contributed by atoms with Crippen LogP contribution in [0.25, 0.3) is 0 Å². The molecule has 114 valence electrons. The van der Waals surface area contributed by atoms with Gasteiger partial charge in [-0.05, 0) is 6.42 Å². The fourth-order valence-corrected chi connectivity index (χ4v) is 2.11. The van der Waals surface area contributed by atoms with Crippen molar-refractivity contribution in [2.45, 2.75) is 65.1 Å². The molecule has 1 heterocycles. The maximum atomic E-state index is 11.1. The SMILES string of the molecule is CCC(OC(C)=O)C1CC(OC(C)=O)C(OC(C)=O)O1. The predicted molar refractivity (Wildman–Crippen MR) is 66.4 cm³/mol. The largest absolute Gasteiger partial charge is 0.460 e. The number of hydrogen-bond donors (Lipinski definition) is 0. The van der Waals surface area contributed by atoms with Crippen LogP contribution >= 0.6 is 0 Å². The Morgan fingerprint density at radius 3 is 2.15 bits per heavy atom. The molecule has 7 nitrogen and oxygen atoms in total. The highest BCUT2D eigenvalue weighted by molar-refractivity contribution is 5.67. The predicted octanol–water partition coefficient (Wildman–Crippen LogP) is 0.938. The summed E-state index contributed by atoms with van der Waals surface area (Å²) in [6, 6.07) is 0. The second-order valence-corrected chi connectivity index (χ2v) is 4.59. The minimum atomic E-state index is -0.967. The van der Waals surface area contributed by atoms with Crippen LogP contribution in [0.4, 0.5) is 0 Å². The van der Waals surface area contributed by atoms with Gasteiger partial charge in [-0.2, -0.15) is 0 Å². The molecule has 0 aliphatic carbocycles. The zero-order chi connectivity index (χ0) is 15.3. The molecular weight excluding hydrogens is 268 g/mol. The molecular formula is C13H20O7. The molecule has 1 rings (SSSR count). The van der Waals surface area contributed by atoms with Crippen molar-refractivity contribution >= 4 is 17.9 Å². The van der Waals surface area contributed by atoms with Crippen LogP contribution in [0.3, 0.4) is 0 Å². The van der Waals surface area contributed by atoms with Crippen molar-refractivity contribution in [3.8, 4) is 0 Å². The maximum Gasteiger partial charge on any atom is 0.305 e. The van der Waals surface area contributed by atoms with Crippen molar-refractivity contribution in [3.05, 3.63) is 0 Å². The highest BCUT2D eigenvalue weighted by atomic mass is 16.7. The molecule has 0 bridgehead atoms. The van der Waals surface area contributed by atoms with E-state index in [0.29, 0.717) is 12.8 Å². The Labute approximate surface area is 117 Å². The molecule has 0 aromatic rings. The molecule has 0 amide bonds. The molecule has 0 saturated carbocycles. The second kappa shape index (κ2) is 7.23. The Balaban J connectivity index is 2.73. The van der Waals surface area contributed by atoms with E-state index in [1.54, 1.807) is 0 Å². The molecule has 7 heteroatoms. The lowest BCUT2D eigenvalue weighted by Gasteiger charge is -2.21. The van der Waals surface area contributed by atoms with Gasteiger partial charge in [0.2, 0.25) is 6.29 Å². The summed E-state index contributed by atoms with van der Waals surface area (Å²) in [6.07, 6.45) is -1.74. The monoisotopic (exact) mass is 288 g/mol. The summed E-state index contributed by atoms with van der Waals surface area (Å²) in [4.78, 5) is 33.1. The van der Waals surface area contributed by atoms with Crippen LogP contribution in [0.1, 0.15) is 40.5 Å². The van der Waals surface area contributed by atoms with Gasteiger partial charge in [0.05, 0.1) is 0 Å². The molecule has 20 heavy (non-hydrogen) atoms. The van der Waals surface area contributed by atoms with E-state index in [4.69, 9.17) is 18.9 Å². The van der Waals surface area contributed by atoms with Crippen LogP contribution in [-0.4, -0.2) is 42.5 Å². The van der Waals surface area contributed by atoms with Crippen molar-refractivity contribution in [1.82, 2.24) is 0 Å². The van der Waals surface area contributed by atoms with E-state index in [1.165, 1.54) is 20.8 Å². The average Bonchev–Trinajstić information content (AvgIpc) is 2.67. The molecule has 0 N–H and O–H groups in total. The second-order valence-electron chi connectivity index (χ2n) is 4.59. The fourth-order valence-electron chi connectivity index (χ4n) is 2.11. The molecule has 0 spiro atoms. The lowest BCUT2D eigenvalue weighted by atomic mass is 10.1. The van der Waals surface area contributed by atoms with Crippen molar-refractivity contribution in [2.75, 3.05) is 0 Å². The normalized spacial score (nSPS) is 26.7. The number of ether oxygens (including phenoxy) is 4. The number of hydrogen-bond acceptors (Lipinski definition) is 7. The van der Waals surface area contributed by atoms with Crippen LogP contribution in [0.15, 0.2) is 0 Å². The first-order chi connectivity index (χ1) is 9.33. The van der Waals surface area contributed by atoms with E-state index in [9.17, 15) is 14.4 Å². The number of carbonyl (C=O) groups excluding carboxylic acids is 3. The van der Waals surface area contributed by atoms with E-state index in [-0.39, 0.29) is 0 Å². The van der Waals surface area contributed by atoms with Crippen LogP contribution in [0.5, 0.6) is 0 Å². The molecule has 0 radical (unpaired) electrons. The van der Waals surface area contributed by atoms with Gasteiger partial charge >= 0.3 is 17.9 Å². The topological polar surface area (TPSA) is 88.1 Å². The lowest BCUT2D eigenvalue weighted by molar-refractivity contribution is -0.201. The van der Waals surface area contributed by atoms with Crippen LogP contribution in [0, 0.1) is 0 Å². The number of rotatable bonds is 5. The smallest absolute Gasteiger partial charge is 0.305 e. The average molecular weight is 288 g/mol. The molecule has 1 saturated heterocycles. The Morgan fingerprint density at radius 1 is 1.10 bits per heavy atom. The first-order valence-electron chi connectivity index (χ1n) is 6.50. The fraction of sp³-hybridized carbons (Fsp3) is 0.769. The summed E-state index contributed by atoms with van der Waals surface area (Å²) in [5, 5.41) is 0. The number of carbonyl (C=O) groups is 3. The molecule has 0 aromatic carbocycles. The Hall–Kier alpha value is -1.63. The Morgan fingerprint density at radius 2 is 1.70 bits per heavy atom. The highest BCUT2D eigenvalue weighted by Gasteiger charge is 2.43. The molecule has 1 aliphatic rings. The first kappa shape index (κ1) is 16.4. The first-order valence-corrected chi connectivity index (χ1v) is 6.50. The third-order valence-corrected chi connectivity index (χ3v) is 2.81. The van der Waals surface area contributed by atoms with Crippen molar-refractivity contribution < 1.29 is 33.3 Å². The van der Waals surface area contributed by atoms with Gasteiger partial charge in [-0.15, -0.1) is 0 Å². The van der Waals surface area contributed by atoms with E-state index in [2.05, 4.69) is 0 Å². The van der Waals surface area contributed by atoms with Gasteiger partial charge in [0.15, 0.2) is 6.10 Å². The summed E-state index contributed by atoms with van der Waals surface area (Å²) >= 11 is 0. The van der Waals surface area contributed by atoms with Crippen LogP contribution < -0.4 is 0 Å². The van der Waals surface area contributed by atoms with Crippen LogP contribution in [-0.2, 0) is 33.3 Å².